The number of amides is 4. The van der Waals surface area contributed by atoms with E-state index in [1.165, 1.54) is 35.1 Å². The lowest BCUT2D eigenvalue weighted by Gasteiger charge is -2.35. The first-order chi connectivity index (χ1) is 25.1. The lowest BCUT2D eigenvalue weighted by Crippen LogP contribution is -2.49. The summed E-state index contributed by atoms with van der Waals surface area (Å²) in [5, 5.41) is 2.97. The van der Waals surface area contributed by atoms with Gasteiger partial charge in [-0.3, -0.25) is 33.8 Å². The molecule has 0 saturated carbocycles. The monoisotopic (exact) mass is 748 g/mol. The quantitative estimate of drug-likeness (QED) is 0.247. The number of carbonyl (C=O) groups is 5. The molecule has 6 rings (SSSR count). The third kappa shape index (κ3) is 7.65. The summed E-state index contributed by atoms with van der Waals surface area (Å²) in [5.41, 5.74) is 6.11. The van der Waals surface area contributed by atoms with Gasteiger partial charge in [0.05, 0.1) is 25.3 Å². The van der Waals surface area contributed by atoms with Crippen LogP contribution in [0.5, 0.6) is 0 Å². The summed E-state index contributed by atoms with van der Waals surface area (Å²) in [6.07, 6.45) is 4.16. The summed E-state index contributed by atoms with van der Waals surface area (Å²) in [7, 11) is 3.00. The molecule has 0 aromatic heterocycles. The molecule has 4 amide bonds. The number of Topliss-reactive ketones (excluding diaryl/α,β-unsaturated/α-hetero) is 1. The number of imide groups is 2. The second-order valence-electron chi connectivity index (χ2n) is 16.6. The van der Waals surface area contributed by atoms with Crippen molar-refractivity contribution in [3.8, 4) is 0 Å². The Hall–Kier alpha value is -4.99. The van der Waals surface area contributed by atoms with Gasteiger partial charge in [-0.1, -0.05) is 67.7 Å². The zero-order chi connectivity index (χ0) is 40.2. The van der Waals surface area contributed by atoms with Gasteiger partial charge in [-0.15, -0.1) is 0 Å². The second-order valence-corrected chi connectivity index (χ2v) is 16.6. The van der Waals surface area contributed by atoms with Crippen LogP contribution in [0.4, 0.5) is 0 Å². The summed E-state index contributed by atoms with van der Waals surface area (Å²) >= 11 is 0. The highest BCUT2D eigenvalue weighted by molar-refractivity contribution is 6.33. The van der Waals surface area contributed by atoms with Crippen LogP contribution in [-0.2, 0) is 14.3 Å². The van der Waals surface area contributed by atoms with Gasteiger partial charge in [0, 0.05) is 58.4 Å². The normalized spacial score (nSPS) is 16.7. The van der Waals surface area contributed by atoms with Crippen molar-refractivity contribution in [1.82, 2.24) is 9.80 Å². The minimum Gasteiger partial charge on any atom is -0.383 e. The Kier molecular flexibility index (Phi) is 12.1. The standard InChI is InChI=1S/C23H30O.C22H22N2O6.CH4/c1-14-10-17(11-15(2)16(14)3)18-12-19(22(4,5)6)21(24)20(13-18)23(7,8)9;1-11(9-29-3)23-19(25)13-5-7-15-18-16(8-6-14(17(13)18)20(23)26)22(28)24(21(15)27)12(2)10-30-4;/h10-13H,3H2,1-2,4-9H3;5-8,11-12H,9-10H2,1-4H3;1H4. The number of benzene rings is 3. The summed E-state index contributed by atoms with van der Waals surface area (Å²) < 4.78 is 10.2. The molecule has 0 N–H and O–H groups in total. The number of hydrogen-bond acceptors (Lipinski definition) is 7. The molecule has 2 atom stereocenters. The summed E-state index contributed by atoms with van der Waals surface area (Å²) in [4.78, 5) is 67.9. The van der Waals surface area contributed by atoms with E-state index in [-0.39, 0.29) is 37.3 Å². The van der Waals surface area contributed by atoms with E-state index in [0.29, 0.717) is 33.0 Å². The highest BCUT2D eigenvalue weighted by Gasteiger charge is 2.42. The summed E-state index contributed by atoms with van der Waals surface area (Å²) in [6.45, 7) is 24.8. The molecule has 0 radical (unpaired) electrons. The molecule has 0 saturated heterocycles. The van der Waals surface area contributed by atoms with Crippen LogP contribution in [0.25, 0.3) is 22.9 Å². The number of aryl methyl sites for hydroxylation is 2. The number of allylic oxidation sites excluding steroid dienone is 4. The first-order valence-electron chi connectivity index (χ1n) is 18.3. The van der Waals surface area contributed by atoms with Crippen molar-refractivity contribution in [2.24, 2.45) is 10.8 Å². The van der Waals surface area contributed by atoms with E-state index < -0.39 is 35.7 Å². The van der Waals surface area contributed by atoms with Gasteiger partial charge in [-0.05, 0) is 102 Å². The molecule has 2 aliphatic heterocycles. The molecule has 0 fully saturated rings. The van der Waals surface area contributed by atoms with Crippen molar-refractivity contribution in [1.29, 1.82) is 0 Å². The SMILES string of the molecule is C.C=c1c(C)cc(=C2C=C(C(C)(C)C)C(=O)C(C(C)(C)C)=C2)cc1C.COCC(C)N1C(=O)c2ccc3c4c(ccc(c24)C1=O)C(=O)N(C(C)COC)C3=O. The maximum atomic E-state index is 13.1. The number of nitrogens with zero attached hydrogens (tertiary/aromatic N) is 2. The van der Waals surface area contributed by atoms with Crippen molar-refractivity contribution in [3.05, 3.63) is 104 Å². The van der Waals surface area contributed by atoms with E-state index in [9.17, 15) is 24.0 Å². The van der Waals surface area contributed by atoms with Crippen LogP contribution >= 0.6 is 0 Å². The molecular weight excluding hydrogens is 693 g/mol. The van der Waals surface area contributed by atoms with Crippen LogP contribution < -0.4 is 10.4 Å². The molecule has 55 heavy (non-hydrogen) atoms. The van der Waals surface area contributed by atoms with Gasteiger partial charge < -0.3 is 9.47 Å². The molecule has 9 nitrogen and oxygen atoms in total. The van der Waals surface area contributed by atoms with Gasteiger partial charge in [-0.25, -0.2) is 0 Å². The minimum atomic E-state index is -0.462. The molecule has 9 heteroatoms. The van der Waals surface area contributed by atoms with E-state index in [1.807, 2.05) is 0 Å². The number of rotatable bonds is 6. The maximum Gasteiger partial charge on any atom is 0.261 e. The molecule has 1 aliphatic carbocycles. The third-order valence-electron chi connectivity index (χ3n) is 10.4. The molecular formula is C46H56N2O7. The van der Waals surface area contributed by atoms with Crippen molar-refractivity contribution >= 4 is 52.3 Å². The van der Waals surface area contributed by atoms with E-state index in [1.54, 1.807) is 38.1 Å². The minimum absolute atomic E-state index is 0. The first-order valence-corrected chi connectivity index (χ1v) is 18.3. The molecule has 2 unspecified atom stereocenters. The Morgan fingerprint density at radius 2 is 0.927 bits per heavy atom. The molecule has 0 spiro atoms. The van der Waals surface area contributed by atoms with Crippen LogP contribution in [0, 0.1) is 24.7 Å². The molecule has 2 heterocycles. The summed E-state index contributed by atoms with van der Waals surface area (Å²) in [5.74, 6) is -1.67. The number of ether oxygens (including phenoxy) is 2. The Labute approximate surface area is 325 Å². The number of methoxy groups -OCH3 is 2. The first kappa shape index (κ1) is 42.7. The van der Waals surface area contributed by atoms with Gasteiger partial charge in [0.25, 0.3) is 23.6 Å². The topological polar surface area (TPSA) is 110 Å². The molecule has 3 aliphatic rings. The van der Waals surface area contributed by atoms with Gasteiger partial charge in [0.15, 0.2) is 5.78 Å². The lowest BCUT2D eigenvalue weighted by atomic mass is 9.71. The zero-order valence-corrected chi connectivity index (χ0v) is 33.6. The van der Waals surface area contributed by atoms with Crippen LogP contribution in [-0.4, -0.2) is 78.7 Å². The van der Waals surface area contributed by atoms with Crippen molar-refractivity contribution < 1.29 is 33.4 Å². The number of carbonyl (C=O) groups excluding carboxylic acids is 5. The number of hydrogen-bond donors (Lipinski definition) is 0. The Bertz CT molecular complexity index is 2080. The Morgan fingerprint density at radius 1 is 0.618 bits per heavy atom. The fraction of sp³-hybridized carbons (Fsp3) is 0.413. The van der Waals surface area contributed by atoms with Gasteiger partial charge in [0.2, 0.25) is 0 Å². The second kappa shape index (κ2) is 15.6. The predicted molar refractivity (Wildman–Crippen MR) is 219 cm³/mol. The fourth-order valence-corrected chi connectivity index (χ4v) is 7.41. The maximum absolute atomic E-state index is 13.1. The molecule has 3 aromatic carbocycles. The highest BCUT2D eigenvalue weighted by Crippen LogP contribution is 2.40. The van der Waals surface area contributed by atoms with Crippen LogP contribution in [0.2, 0.25) is 0 Å². The smallest absolute Gasteiger partial charge is 0.261 e. The zero-order valence-electron chi connectivity index (χ0n) is 33.6. The van der Waals surface area contributed by atoms with Crippen LogP contribution in [0.15, 0.2) is 59.7 Å². The third-order valence-corrected chi connectivity index (χ3v) is 10.4. The molecule has 0 bridgehead atoms. The Balaban J connectivity index is 0.000000247. The van der Waals surface area contributed by atoms with E-state index in [4.69, 9.17) is 9.47 Å². The largest absolute Gasteiger partial charge is 0.383 e. The van der Waals surface area contributed by atoms with Crippen molar-refractivity contribution in [2.45, 2.75) is 88.7 Å². The van der Waals surface area contributed by atoms with E-state index in [0.717, 1.165) is 27.2 Å². The fourth-order valence-electron chi connectivity index (χ4n) is 7.41. The van der Waals surface area contributed by atoms with Crippen LogP contribution in [0.3, 0.4) is 0 Å². The van der Waals surface area contributed by atoms with Gasteiger partial charge in [0.1, 0.15) is 0 Å². The lowest BCUT2D eigenvalue weighted by molar-refractivity contribution is -0.114. The number of ketones is 1. The highest BCUT2D eigenvalue weighted by atomic mass is 16.5. The predicted octanol–water partition coefficient (Wildman–Crippen LogP) is 7.13. The molecule has 3 aromatic rings. The molecule has 292 valence electrons. The average molecular weight is 749 g/mol. The van der Waals surface area contributed by atoms with Crippen molar-refractivity contribution in [2.75, 3.05) is 27.4 Å². The average Bonchev–Trinajstić information content (AvgIpc) is 3.08. The van der Waals surface area contributed by atoms with E-state index >= 15 is 0 Å². The Morgan fingerprint density at radius 3 is 1.20 bits per heavy atom. The van der Waals surface area contributed by atoms with Crippen molar-refractivity contribution in [3.63, 3.8) is 0 Å². The summed E-state index contributed by atoms with van der Waals surface area (Å²) in [6, 6.07) is 9.65. The van der Waals surface area contributed by atoms with E-state index in [2.05, 4.69) is 86.3 Å². The van der Waals surface area contributed by atoms with Crippen LogP contribution in [0.1, 0.15) is 115 Å². The van der Waals surface area contributed by atoms with Gasteiger partial charge in [-0.2, -0.15) is 0 Å². The van der Waals surface area contributed by atoms with Gasteiger partial charge >= 0.3 is 0 Å².